The molecule has 0 unspecified atom stereocenters. The first-order valence-corrected chi connectivity index (χ1v) is 10.9. The van der Waals surface area contributed by atoms with Crippen molar-refractivity contribution < 1.29 is 34.8 Å². The van der Waals surface area contributed by atoms with Gasteiger partial charge in [-0.15, -0.1) is 0 Å². The minimum atomic E-state index is -4.60. The summed E-state index contributed by atoms with van der Waals surface area (Å²) in [7, 11) is -7.83. The van der Waals surface area contributed by atoms with Crippen LogP contribution in [0.25, 0.3) is 0 Å². The van der Waals surface area contributed by atoms with E-state index in [0.717, 1.165) is 0 Å². The molecule has 0 aliphatic carbocycles. The van der Waals surface area contributed by atoms with Gasteiger partial charge < -0.3 is 5.32 Å². The summed E-state index contributed by atoms with van der Waals surface area (Å²) in [6.07, 6.45) is 0.213. The Hall–Kier alpha value is -1.66. The molecule has 1 N–H and O–H groups in total. The highest BCUT2D eigenvalue weighted by atomic mass is 32.2. The van der Waals surface area contributed by atoms with Crippen molar-refractivity contribution in [3.05, 3.63) is 29.6 Å². The maximum absolute atomic E-state index is 13.8. The summed E-state index contributed by atoms with van der Waals surface area (Å²) in [4.78, 5) is 10.9. The predicted molar refractivity (Wildman–Crippen MR) is 86.0 cm³/mol. The van der Waals surface area contributed by atoms with Crippen molar-refractivity contribution in [1.29, 1.82) is 0 Å². The lowest BCUT2D eigenvalue weighted by Crippen LogP contribution is -2.44. The van der Waals surface area contributed by atoms with Gasteiger partial charge in [0.25, 0.3) is 0 Å². The van der Waals surface area contributed by atoms with E-state index < -0.39 is 60.7 Å². The maximum atomic E-state index is 13.8. The molecule has 1 aliphatic rings. The normalized spacial score (nSPS) is 19.7. The average Bonchev–Trinajstić information content (AvgIpc) is 2.88. The van der Waals surface area contributed by atoms with Crippen LogP contribution < -0.4 is 5.32 Å². The van der Waals surface area contributed by atoms with Crippen LogP contribution in [0, 0.1) is 17.5 Å². The second kappa shape index (κ2) is 7.53. The van der Waals surface area contributed by atoms with E-state index in [-0.39, 0.29) is 24.5 Å². The Balaban J connectivity index is 2.17. The molecule has 12 heteroatoms. The Morgan fingerprint density at radius 1 is 1.27 bits per heavy atom. The van der Waals surface area contributed by atoms with E-state index in [2.05, 4.69) is 5.32 Å². The number of sulfone groups is 1. The molecule has 1 aromatic rings. The summed E-state index contributed by atoms with van der Waals surface area (Å²) in [5.41, 5.74) is 0. The lowest BCUT2D eigenvalue weighted by atomic mass is 10.2. The van der Waals surface area contributed by atoms with Crippen molar-refractivity contribution in [2.24, 2.45) is 0 Å². The number of nitrogens with zero attached hydrogens (tertiary/aromatic N) is 1. The van der Waals surface area contributed by atoms with Gasteiger partial charge in [0, 0.05) is 12.6 Å². The van der Waals surface area contributed by atoms with Crippen molar-refractivity contribution in [1.82, 2.24) is 9.62 Å². The van der Waals surface area contributed by atoms with E-state index in [0.29, 0.717) is 16.4 Å². The summed E-state index contributed by atoms with van der Waals surface area (Å²) in [5.74, 6) is -6.43. The van der Waals surface area contributed by atoms with Crippen molar-refractivity contribution in [2.75, 3.05) is 24.6 Å². The maximum Gasteiger partial charge on any atom is 0.246 e. The zero-order valence-corrected chi connectivity index (χ0v) is 15.3. The molecule has 1 fully saturated rings. The molecule has 1 atom stereocenters. The molecule has 0 bridgehead atoms. The molecule has 1 aromatic carbocycles. The van der Waals surface area contributed by atoms with Crippen LogP contribution in [0.4, 0.5) is 13.2 Å². The molecule has 2 rings (SSSR count). The average molecular weight is 414 g/mol. The first-order valence-electron chi connectivity index (χ1n) is 7.61. The van der Waals surface area contributed by atoms with Crippen LogP contribution in [0.2, 0.25) is 0 Å². The third-order valence-electron chi connectivity index (χ3n) is 3.89. The molecule has 146 valence electrons. The van der Waals surface area contributed by atoms with Crippen molar-refractivity contribution in [2.45, 2.75) is 24.3 Å². The van der Waals surface area contributed by atoms with Crippen molar-refractivity contribution in [3.8, 4) is 0 Å². The minimum absolute atomic E-state index is 0.0756. The fourth-order valence-electron chi connectivity index (χ4n) is 2.56. The van der Waals surface area contributed by atoms with Crippen LogP contribution in [-0.4, -0.2) is 57.7 Å². The number of nitrogens with one attached hydrogen (secondary N) is 1. The number of hydrogen-bond acceptors (Lipinski definition) is 5. The first-order chi connectivity index (χ1) is 12.0. The lowest BCUT2D eigenvalue weighted by molar-refractivity contribution is -0.121. The van der Waals surface area contributed by atoms with Crippen LogP contribution in [0.3, 0.4) is 0 Å². The molecule has 0 radical (unpaired) electrons. The van der Waals surface area contributed by atoms with Crippen molar-refractivity contribution in [3.63, 3.8) is 0 Å². The van der Waals surface area contributed by atoms with Gasteiger partial charge in [-0.2, -0.15) is 4.31 Å². The smallest absolute Gasteiger partial charge is 0.246 e. The molecule has 0 saturated carbocycles. The number of carbonyl (C=O) groups excluding carboxylic acids is 1. The zero-order valence-electron chi connectivity index (χ0n) is 13.7. The number of rotatable bonds is 6. The Kier molecular flexibility index (Phi) is 5.98. The molecular formula is C14H17F3N2O5S2. The topological polar surface area (TPSA) is 101 Å². The Labute approximate surface area is 149 Å². The van der Waals surface area contributed by atoms with Gasteiger partial charge >= 0.3 is 0 Å². The monoisotopic (exact) mass is 414 g/mol. The van der Waals surface area contributed by atoms with Crippen LogP contribution >= 0.6 is 0 Å². The van der Waals surface area contributed by atoms with Crippen LogP contribution in [0.5, 0.6) is 0 Å². The molecule has 0 aromatic heterocycles. The standard InChI is InChI=1S/C14H17F3N2O5S2/c1-2-19(7-12(20)18-9-5-6-25(21,22)8-9)26(23,24)11-4-3-10(15)13(16)14(11)17/h3-4,9H,2,5-8H2,1H3,(H,18,20)/t9-/m1/s1. The van der Waals surface area contributed by atoms with E-state index in [4.69, 9.17) is 0 Å². The minimum Gasteiger partial charge on any atom is -0.351 e. The summed E-state index contributed by atoms with van der Waals surface area (Å²) >= 11 is 0. The van der Waals surface area contributed by atoms with Crippen molar-refractivity contribution >= 4 is 25.8 Å². The molecule has 26 heavy (non-hydrogen) atoms. The fourth-order valence-corrected chi connectivity index (χ4v) is 5.69. The number of likely N-dealkylation sites (N-methyl/N-ethyl adjacent to an activating group) is 1. The van der Waals surface area contributed by atoms with Gasteiger partial charge in [-0.1, -0.05) is 6.92 Å². The second-order valence-corrected chi connectivity index (χ2v) is 9.91. The SMILES string of the molecule is CCN(CC(=O)N[C@@H]1CCS(=O)(=O)C1)S(=O)(=O)c1ccc(F)c(F)c1F. The lowest BCUT2D eigenvalue weighted by Gasteiger charge is -2.21. The molecule has 0 spiro atoms. The highest BCUT2D eigenvalue weighted by Crippen LogP contribution is 2.23. The summed E-state index contributed by atoms with van der Waals surface area (Å²) in [5, 5.41) is 2.41. The Morgan fingerprint density at radius 3 is 2.46 bits per heavy atom. The Morgan fingerprint density at radius 2 is 1.92 bits per heavy atom. The number of amides is 1. The number of benzene rings is 1. The quantitative estimate of drug-likeness (QED) is 0.680. The van der Waals surface area contributed by atoms with E-state index in [1.54, 1.807) is 0 Å². The third kappa shape index (κ3) is 4.35. The zero-order chi connectivity index (χ0) is 19.7. The molecule has 1 saturated heterocycles. The fraction of sp³-hybridized carbons (Fsp3) is 0.500. The van der Waals surface area contributed by atoms with E-state index in [1.807, 2.05) is 0 Å². The summed E-state index contributed by atoms with van der Waals surface area (Å²) < 4.78 is 88.4. The number of carbonyl (C=O) groups is 1. The Bertz CT molecular complexity index is 919. The first kappa shape index (κ1) is 20.6. The molecule has 1 heterocycles. The van der Waals surface area contributed by atoms with Gasteiger partial charge in [0.2, 0.25) is 15.9 Å². The van der Waals surface area contributed by atoms with Gasteiger partial charge in [0.05, 0.1) is 18.1 Å². The van der Waals surface area contributed by atoms with Gasteiger partial charge in [0.15, 0.2) is 27.3 Å². The van der Waals surface area contributed by atoms with E-state index >= 15 is 0 Å². The van der Waals surface area contributed by atoms with Gasteiger partial charge in [0.1, 0.15) is 4.90 Å². The molecule has 1 aliphatic heterocycles. The van der Waals surface area contributed by atoms with Gasteiger partial charge in [-0.05, 0) is 18.6 Å². The third-order valence-corrected chi connectivity index (χ3v) is 7.59. The van der Waals surface area contributed by atoms with Crippen LogP contribution in [-0.2, 0) is 24.7 Å². The highest BCUT2D eigenvalue weighted by Gasteiger charge is 2.33. The largest absolute Gasteiger partial charge is 0.351 e. The predicted octanol–water partition coefficient (Wildman–Crippen LogP) is 0.418. The molecule has 7 nitrogen and oxygen atoms in total. The summed E-state index contributed by atoms with van der Waals surface area (Å²) in [6, 6.07) is 0.421. The molecular weight excluding hydrogens is 397 g/mol. The number of sulfonamides is 1. The number of halogens is 3. The van der Waals surface area contributed by atoms with Gasteiger partial charge in [-0.3, -0.25) is 4.79 Å². The highest BCUT2D eigenvalue weighted by molar-refractivity contribution is 7.91. The second-order valence-electron chi connectivity index (χ2n) is 5.77. The van der Waals surface area contributed by atoms with Gasteiger partial charge in [-0.25, -0.2) is 30.0 Å². The van der Waals surface area contributed by atoms with E-state index in [1.165, 1.54) is 6.92 Å². The summed E-state index contributed by atoms with van der Waals surface area (Å²) in [6.45, 7) is 0.424. The van der Waals surface area contributed by atoms with Crippen LogP contribution in [0.1, 0.15) is 13.3 Å². The molecule has 1 amide bonds. The van der Waals surface area contributed by atoms with Crippen LogP contribution in [0.15, 0.2) is 17.0 Å². The number of hydrogen-bond donors (Lipinski definition) is 1. The van der Waals surface area contributed by atoms with E-state index in [9.17, 15) is 34.8 Å².